The normalized spacial score (nSPS) is 14.3. The van der Waals surface area contributed by atoms with Crippen molar-refractivity contribution < 1.29 is 9.53 Å². The minimum absolute atomic E-state index is 0.0885. The average Bonchev–Trinajstić information content (AvgIpc) is 2.57. The highest BCUT2D eigenvalue weighted by Crippen LogP contribution is 2.39. The Morgan fingerprint density at radius 1 is 1.30 bits per heavy atom. The van der Waals surface area contributed by atoms with Crippen LogP contribution in [0.2, 0.25) is 0 Å². The summed E-state index contributed by atoms with van der Waals surface area (Å²) in [5.41, 5.74) is 8.00. The first-order valence-electron chi connectivity index (χ1n) is 7.69. The summed E-state index contributed by atoms with van der Waals surface area (Å²) in [6.07, 6.45) is 1.49. The number of carbonyl (C=O) groups excluding carboxylic acids is 1. The lowest BCUT2D eigenvalue weighted by Crippen LogP contribution is -2.41. The lowest BCUT2D eigenvalue weighted by molar-refractivity contribution is -0.114. The number of benzene rings is 1. The third kappa shape index (κ3) is 3.24. The van der Waals surface area contributed by atoms with Gasteiger partial charge in [-0.05, 0) is 26.0 Å². The molecule has 0 aromatic heterocycles. The number of likely N-dealkylation sites (N-methyl/N-ethyl adjacent to an activating group) is 2. The van der Waals surface area contributed by atoms with Gasteiger partial charge in [0.05, 0.1) is 18.5 Å². The quantitative estimate of drug-likeness (QED) is 0.661. The van der Waals surface area contributed by atoms with Crippen molar-refractivity contribution in [2.24, 2.45) is 5.73 Å². The first-order chi connectivity index (χ1) is 11.0. The molecule has 0 spiro atoms. The van der Waals surface area contributed by atoms with E-state index in [1.165, 1.54) is 6.08 Å². The van der Waals surface area contributed by atoms with Crippen molar-refractivity contribution in [3.63, 3.8) is 0 Å². The third-order valence-corrected chi connectivity index (χ3v) is 4.10. The predicted molar refractivity (Wildman–Crippen MR) is 91.6 cm³/mol. The van der Waals surface area contributed by atoms with E-state index in [9.17, 15) is 4.79 Å². The molecule has 1 aliphatic rings. The summed E-state index contributed by atoms with van der Waals surface area (Å²) in [6.45, 7) is 7.92. The zero-order valence-electron chi connectivity index (χ0n) is 13.8. The molecule has 0 bridgehead atoms. The molecule has 2 N–H and O–H groups in total. The fourth-order valence-corrected chi connectivity index (χ4v) is 2.82. The van der Waals surface area contributed by atoms with E-state index < -0.39 is 5.91 Å². The van der Waals surface area contributed by atoms with Gasteiger partial charge in [0.15, 0.2) is 0 Å². The molecule has 1 aromatic carbocycles. The molecule has 122 valence electrons. The van der Waals surface area contributed by atoms with Gasteiger partial charge < -0.3 is 20.3 Å². The molecule has 0 aliphatic carbocycles. The number of carbonyl (C=O) groups is 1. The van der Waals surface area contributed by atoms with E-state index in [0.29, 0.717) is 11.3 Å². The monoisotopic (exact) mass is 314 g/mol. The summed E-state index contributed by atoms with van der Waals surface area (Å²) in [7, 11) is 1.58. The van der Waals surface area contributed by atoms with Gasteiger partial charge in [0.2, 0.25) is 0 Å². The number of ether oxygens (including phenoxy) is 1. The highest BCUT2D eigenvalue weighted by Gasteiger charge is 2.23. The van der Waals surface area contributed by atoms with Gasteiger partial charge in [-0.1, -0.05) is 0 Å². The maximum atomic E-state index is 11.3. The molecule has 1 aliphatic heterocycles. The van der Waals surface area contributed by atoms with Crippen molar-refractivity contribution in [1.82, 2.24) is 0 Å². The predicted octanol–water partition coefficient (Wildman–Crippen LogP) is 1.75. The molecular formula is C17H22N4O2. The van der Waals surface area contributed by atoms with Gasteiger partial charge in [-0.25, -0.2) is 0 Å². The first kappa shape index (κ1) is 16.7. The van der Waals surface area contributed by atoms with Crippen LogP contribution in [0, 0.1) is 11.3 Å². The zero-order valence-corrected chi connectivity index (χ0v) is 13.8. The number of nitrogens with zero attached hydrogens (tertiary/aromatic N) is 3. The second-order valence-electron chi connectivity index (χ2n) is 5.28. The molecule has 23 heavy (non-hydrogen) atoms. The van der Waals surface area contributed by atoms with Crippen LogP contribution in [0.25, 0.3) is 6.08 Å². The minimum Gasteiger partial charge on any atom is -0.496 e. The maximum absolute atomic E-state index is 11.3. The molecule has 1 amide bonds. The van der Waals surface area contributed by atoms with Crippen LogP contribution < -0.4 is 20.3 Å². The van der Waals surface area contributed by atoms with E-state index in [1.54, 1.807) is 7.11 Å². The molecule has 0 fully saturated rings. The van der Waals surface area contributed by atoms with E-state index in [4.69, 9.17) is 15.7 Å². The number of primary amides is 1. The van der Waals surface area contributed by atoms with Crippen molar-refractivity contribution in [3.05, 3.63) is 23.3 Å². The number of amides is 1. The van der Waals surface area contributed by atoms with Crippen LogP contribution in [0.3, 0.4) is 0 Å². The molecule has 0 atom stereocenters. The molecule has 6 heteroatoms. The fourth-order valence-electron chi connectivity index (χ4n) is 2.82. The second kappa shape index (κ2) is 7.05. The molecule has 0 saturated heterocycles. The number of anilines is 2. The summed E-state index contributed by atoms with van der Waals surface area (Å²) in [5, 5.41) is 9.06. The van der Waals surface area contributed by atoms with Crippen LogP contribution >= 0.6 is 0 Å². The Bertz CT molecular complexity index is 676. The lowest BCUT2D eigenvalue weighted by atomic mass is 10.0. The Hall–Kier alpha value is -2.68. The topological polar surface area (TPSA) is 82.6 Å². The van der Waals surface area contributed by atoms with Crippen LogP contribution in [-0.4, -0.2) is 39.2 Å². The highest BCUT2D eigenvalue weighted by atomic mass is 16.5. The van der Waals surface area contributed by atoms with Gasteiger partial charge in [-0.15, -0.1) is 0 Å². The molecule has 0 unspecified atom stereocenters. The molecule has 6 nitrogen and oxygen atoms in total. The molecular weight excluding hydrogens is 292 g/mol. The Kier molecular flexibility index (Phi) is 5.12. The van der Waals surface area contributed by atoms with Crippen molar-refractivity contribution in [2.75, 3.05) is 43.1 Å². The second-order valence-corrected chi connectivity index (χ2v) is 5.28. The minimum atomic E-state index is -0.741. The largest absolute Gasteiger partial charge is 0.496 e. The summed E-state index contributed by atoms with van der Waals surface area (Å²) < 4.78 is 5.45. The molecule has 0 radical (unpaired) electrons. The van der Waals surface area contributed by atoms with Gasteiger partial charge >= 0.3 is 0 Å². The Morgan fingerprint density at radius 2 is 1.87 bits per heavy atom. The SMILES string of the molecule is CCN1CCN(CC)c2cc(OC)c(/C=C(/C#N)C(N)=O)cc21. The van der Waals surface area contributed by atoms with Crippen LogP contribution in [0.5, 0.6) is 5.75 Å². The van der Waals surface area contributed by atoms with Gasteiger partial charge in [0.1, 0.15) is 17.4 Å². The fraction of sp³-hybridized carbons (Fsp3) is 0.412. The Labute approximate surface area is 136 Å². The number of methoxy groups -OCH3 is 1. The van der Waals surface area contributed by atoms with E-state index >= 15 is 0 Å². The van der Waals surface area contributed by atoms with Crippen LogP contribution in [0.1, 0.15) is 19.4 Å². The highest BCUT2D eigenvalue weighted by molar-refractivity contribution is 6.01. The average molecular weight is 314 g/mol. The van der Waals surface area contributed by atoms with Crippen molar-refractivity contribution in [3.8, 4) is 11.8 Å². The van der Waals surface area contributed by atoms with Crippen LogP contribution in [0.15, 0.2) is 17.7 Å². The number of hydrogen-bond acceptors (Lipinski definition) is 5. The smallest absolute Gasteiger partial charge is 0.259 e. The number of hydrogen-bond donors (Lipinski definition) is 1. The maximum Gasteiger partial charge on any atom is 0.259 e. The van der Waals surface area contributed by atoms with Gasteiger partial charge in [-0.2, -0.15) is 5.26 Å². The molecule has 2 rings (SSSR count). The van der Waals surface area contributed by atoms with Crippen molar-refractivity contribution >= 4 is 23.4 Å². The molecule has 1 heterocycles. The van der Waals surface area contributed by atoms with Crippen LogP contribution in [-0.2, 0) is 4.79 Å². The summed E-state index contributed by atoms with van der Waals surface area (Å²) in [5.74, 6) is -0.121. The van der Waals surface area contributed by atoms with E-state index in [2.05, 4.69) is 23.6 Å². The molecule has 0 saturated carbocycles. The lowest BCUT2D eigenvalue weighted by Gasteiger charge is -2.38. The van der Waals surface area contributed by atoms with E-state index in [0.717, 1.165) is 37.6 Å². The third-order valence-electron chi connectivity index (χ3n) is 4.10. The summed E-state index contributed by atoms with van der Waals surface area (Å²) in [6, 6.07) is 5.75. The van der Waals surface area contributed by atoms with E-state index in [-0.39, 0.29) is 5.57 Å². The number of nitrogens with two attached hydrogens (primary N) is 1. The number of nitriles is 1. The van der Waals surface area contributed by atoms with Crippen molar-refractivity contribution in [1.29, 1.82) is 5.26 Å². The van der Waals surface area contributed by atoms with E-state index in [1.807, 2.05) is 18.2 Å². The molecule has 1 aromatic rings. The number of rotatable bonds is 5. The van der Waals surface area contributed by atoms with Gasteiger partial charge in [0, 0.05) is 37.8 Å². The standard InChI is InChI=1S/C17H22N4O2/c1-4-20-6-7-21(5-2)15-10-16(23-3)12(9-14(15)20)8-13(11-18)17(19)22/h8-10H,4-7H2,1-3H3,(H2,19,22)/b13-8-. The van der Waals surface area contributed by atoms with Crippen LogP contribution in [0.4, 0.5) is 11.4 Å². The van der Waals surface area contributed by atoms with Gasteiger partial charge in [-0.3, -0.25) is 4.79 Å². The summed E-state index contributed by atoms with van der Waals surface area (Å²) >= 11 is 0. The summed E-state index contributed by atoms with van der Waals surface area (Å²) in [4.78, 5) is 15.9. The number of fused-ring (bicyclic) bond motifs is 1. The van der Waals surface area contributed by atoms with Gasteiger partial charge in [0.25, 0.3) is 5.91 Å². The Balaban J connectivity index is 2.62. The zero-order chi connectivity index (χ0) is 17.0. The Morgan fingerprint density at radius 3 is 2.30 bits per heavy atom. The first-order valence-corrected chi connectivity index (χ1v) is 7.69. The van der Waals surface area contributed by atoms with Crippen molar-refractivity contribution in [2.45, 2.75) is 13.8 Å².